The van der Waals surface area contributed by atoms with Crippen LogP contribution in [0, 0.1) is 6.92 Å². The van der Waals surface area contributed by atoms with E-state index in [0.717, 1.165) is 23.8 Å². The van der Waals surface area contributed by atoms with Crippen LogP contribution in [0.5, 0.6) is 5.75 Å². The van der Waals surface area contributed by atoms with E-state index in [1.54, 1.807) is 23.2 Å². The molecule has 1 amide bonds. The minimum Gasteiger partial charge on any atom is -0.488 e. The van der Waals surface area contributed by atoms with Crippen LogP contribution < -0.4 is 15.0 Å². The molecule has 1 aliphatic heterocycles. The summed E-state index contributed by atoms with van der Waals surface area (Å²) in [6.45, 7) is 1.80. The maximum absolute atomic E-state index is 13.0. The molecule has 1 atom stereocenters. The number of hydrogen-bond acceptors (Lipinski definition) is 5. The van der Waals surface area contributed by atoms with Crippen molar-refractivity contribution in [3.05, 3.63) is 76.4 Å². The van der Waals surface area contributed by atoms with Gasteiger partial charge in [0.05, 0.1) is 40.2 Å². The van der Waals surface area contributed by atoms with E-state index in [9.17, 15) is 23.1 Å². The molecule has 1 aliphatic rings. The van der Waals surface area contributed by atoms with Gasteiger partial charge in [0.2, 0.25) is 0 Å². The zero-order valence-electron chi connectivity index (χ0n) is 17.4. The molecule has 33 heavy (non-hydrogen) atoms. The standard InChI is InChI=1S/C23H19ClF3N3O3/c1-13-5-8-20(28-10-13)30-15(11-31)12-33-21-16(3-2-4-19(21)30)22(32)29-18-7-6-14(9-17(18)24)23(25,26)27/h2-10,15,31H,11-12H2,1H3,(H,29,32)/t15-/m0/s1. The molecule has 0 saturated heterocycles. The van der Waals surface area contributed by atoms with E-state index in [2.05, 4.69) is 10.3 Å². The monoisotopic (exact) mass is 477 g/mol. The molecule has 0 aliphatic carbocycles. The van der Waals surface area contributed by atoms with E-state index in [1.807, 2.05) is 19.1 Å². The fourth-order valence-corrected chi connectivity index (χ4v) is 3.75. The summed E-state index contributed by atoms with van der Waals surface area (Å²) in [4.78, 5) is 19.2. The molecule has 0 spiro atoms. The first-order chi connectivity index (χ1) is 15.7. The molecule has 2 N–H and O–H groups in total. The van der Waals surface area contributed by atoms with E-state index in [1.165, 1.54) is 6.07 Å². The second-order valence-corrected chi connectivity index (χ2v) is 7.92. The Bertz CT molecular complexity index is 1190. The molecule has 6 nitrogen and oxygen atoms in total. The van der Waals surface area contributed by atoms with Crippen LogP contribution in [0.15, 0.2) is 54.7 Å². The Balaban J connectivity index is 1.68. The van der Waals surface area contributed by atoms with Gasteiger partial charge in [-0.1, -0.05) is 23.7 Å². The lowest BCUT2D eigenvalue weighted by Gasteiger charge is -2.37. The number of hydrogen-bond donors (Lipinski definition) is 2. The highest BCUT2D eigenvalue weighted by Crippen LogP contribution is 2.41. The molecule has 3 aromatic rings. The fraction of sp³-hybridized carbons (Fsp3) is 0.217. The maximum Gasteiger partial charge on any atom is 0.416 e. The van der Waals surface area contributed by atoms with E-state index >= 15 is 0 Å². The smallest absolute Gasteiger partial charge is 0.416 e. The van der Waals surface area contributed by atoms with Gasteiger partial charge < -0.3 is 20.1 Å². The number of anilines is 3. The van der Waals surface area contributed by atoms with Crippen molar-refractivity contribution in [3.8, 4) is 5.75 Å². The number of ether oxygens (including phenoxy) is 1. The predicted molar refractivity (Wildman–Crippen MR) is 118 cm³/mol. The molecule has 0 saturated carbocycles. The average molecular weight is 478 g/mol. The summed E-state index contributed by atoms with van der Waals surface area (Å²) in [5.74, 6) is 0.241. The highest BCUT2D eigenvalue weighted by molar-refractivity contribution is 6.34. The van der Waals surface area contributed by atoms with Crippen LogP contribution in [0.25, 0.3) is 0 Å². The summed E-state index contributed by atoms with van der Waals surface area (Å²) in [6, 6.07) is 10.9. The summed E-state index contributed by atoms with van der Waals surface area (Å²) >= 11 is 5.97. The Labute approximate surface area is 192 Å². The minimum absolute atomic E-state index is 0.0355. The molecule has 2 heterocycles. The van der Waals surface area contributed by atoms with E-state index in [4.69, 9.17) is 16.3 Å². The van der Waals surface area contributed by atoms with Crippen LogP contribution in [-0.2, 0) is 6.18 Å². The number of pyridine rings is 1. The van der Waals surface area contributed by atoms with Crippen molar-refractivity contribution < 1.29 is 27.8 Å². The van der Waals surface area contributed by atoms with Gasteiger partial charge >= 0.3 is 6.18 Å². The molecule has 172 valence electrons. The molecule has 0 radical (unpaired) electrons. The van der Waals surface area contributed by atoms with Crippen molar-refractivity contribution >= 4 is 34.7 Å². The van der Waals surface area contributed by atoms with Crippen molar-refractivity contribution in [2.75, 3.05) is 23.4 Å². The second-order valence-electron chi connectivity index (χ2n) is 7.51. The first-order valence-electron chi connectivity index (χ1n) is 9.95. The summed E-state index contributed by atoms with van der Waals surface area (Å²) < 4.78 is 44.5. The van der Waals surface area contributed by atoms with Gasteiger partial charge in [0.25, 0.3) is 5.91 Å². The third-order valence-corrected chi connectivity index (χ3v) is 5.49. The van der Waals surface area contributed by atoms with Crippen LogP contribution in [0.3, 0.4) is 0 Å². The number of amides is 1. The fourth-order valence-electron chi connectivity index (χ4n) is 3.53. The number of nitrogens with zero attached hydrogens (tertiary/aromatic N) is 2. The van der Waals surface area contributed by atoms with Gasteiger partial charge in [-0.15, -0.1) is 0 Å². The summed E-state index contributed by atoms with van der Waals surface area (Å²) in [5, 5.41) is 12.2. The quantitative estimate of drug-likeness (QED) is 0.540. The first kappa shape index (κ1) is 22.9. The van der Waals surface area contributed by atoms with Crippen LogP contribution in [-0.4, -0.2) is 35.3 Å². The van der Waals surface area contributed by atoms with Crippen LogP contribution in [0.2, 0.25) is 5.02 Å². The van der Waals surface area contributed by atoms with E-state index in [-0.39, 0.29) is 35.2 Å². The molecule has 0 fully saturated rings. The zero-order chi connectivity index (χ0) is 23.8. The molecule has 0 unspecified atom stereocenters. The molecule has 1 aromatic heterocycles. The summed E-state index contributed by atoms with van der Waals surface area (Å²) in [6.07, 6.45) is -2.85. The highest BCUT2D eigenvalue weighted by Gasteiger charge is 2.33. The number of aromatic nitrogens is 1. The number of benzene rings is 2. The van der Waals surface area contributed by atoms with Crippen LogP contribution in [0.1, 0.15) is 21.5 Å². The Morgan fingerprint density at radius 2 is 2.06 bits per heavy atom. The van der Waals surface area contributed by atoms with Gasteiger partial charge in [0.15, 0.2) is 5.75 Å². The molecular weight excluding hydrogens is 459 g/mol. The molecule has 2 aromatic carbocycles. The van der Waals surface area contributed by atoms with Gasteiger partial charge in [-0.2, -0.15) is 13.2 Å². The third-order valence-electron chi connectivity index (χ3n) is 5.18. The summed E-state index contributed by atoms with van der Waals surface area (Å²) in [5.41, 5.74) is 0.782. The van der Waals surface area contributed by atoms with Crippen molar-refractivity contribution in [2.45, 2.75) is 19.1 Å². The van der Waals surface area contributed by atoms with Crippen molar-refractivity contribution in [2.24, 2.45) is 0 Å². The Kier molecular flexibility index (Phi) is 6.18. The van der Waals surface area contributed by atoms with Crippen LogP contribution in [0.4, 0.5) is 30.4 Å². The van der Waals surface area contributed by atoms with Crippen LogP contribution >= 0.6 is 11.6 Å². The van der Waals surface area contributed by atoms with Gasteiger partial charge in [-0.25, -0.2) is 4.98 Å². The van der Waals surface area contributed by atoms with Gasteiger partial charge in [0, 0.05) is 6.20 Å². The lowest BCUT2D eigenvalue weighted by atomic mass is 10.1. The normalized spacial score (nSPS) is 15.6. The number of rotatable bonds is 4. The van der Waals surface area contributed by atoms with Gasteiger partial charge in [-0.05, 0) is 48.9 Å². The predicted octanol–water partition coefficient (Wildman–Crippen LogP) is 5.21. The minimum atomic E-state index is -4.55. The maximum atomic E-state index is 13.0. The second kappa shape index (κ2) is 8.92. The first-order valence-corrected chi connectivity index (χ1v) is 10.3. The number of halogens is 4. The van der Waals surface area contributed by atoms with Gasteiger partial charge in [0.1, 0.15) is 12.4 Å². The van der Waals surface area contributed by atoms with Crippen molar-refractivity contribution in [1.29, 1.82) is 0 Å². The zero-order valence-corrected chi connectivity index (χ0v) is 18.1. The number of alkyl halides is 3. The number of aliphatic hydroxyl groups is 1. The Morgan fingerprint density at radius 1 is 1.27 bits per heavy atom. The van der Waals surface area contributed by atoms with Crippen molar-refractivity contribution in [3.63, 3.8) is 0 Å². The number of carbonyl (C=O) groups is 1. The molecule has 0 bridgehead atoms. The topological polar surface area (TPSA) is 74.7 Å². The SMILES string of the molecule is Cc1ccc(N2c3cccc(C(=O)Nc4ccc(C(F)(F)F)cc4Cl)c3OC[C@@H]2CO)nc1. The number of carbonyl (C=O) groups excluding carboxylic acids is 1. The highest BCUT2D eigenvalue weighted by atomic mass is 35.5. The van der Waals surface area contributed by atoms with E-state index < -0.39 is 23.7 Å². The number of aryl methyl sites for hydroxylation is 1. The lowest BCUT2D eigenvalue weighted by Crippen LogP contribution is -2.43. The number of aliphatic hydroxyl groups excluding tert-OH is 1. The largest absolute Gasteiger partial charge is 0.488 e. The Hall–Kier alpha value is -3.30. The lowest BCUT2D eigenvalue weighted by molar-refractivity contribution is -0.137. The number of nitrogens with one attached hydrogen (secondary N) is 1. The average Bonchev–Trinajstić information content (AvgIpc) is 2.79. The third kappa shape index (κ3) is 4.60. The number of fused-ring (bicyclic) bond motifs is 1. The van der Waals surface area contributed by atoms with Gasteiger partial charge in [-0.3, -0.25) is 4.79 Å². The molecule has 4 rings (SSSR count). The molecular formula is C23H19ClF3N3O3. The number of para-hydroxylation sites is 1. The molecule has 10 heteroatoms. The van der Waals surface area contributed by atoms with Crippen molar-refractivity contribution in [1.82, 2.24) is 4.98 Å². The Morgan fingerprint density at radius 3 is 2.70 bits per heavy atom. The van der Waals surface area contributed by atoms with E-state index in [0.29, 0.717) is 11.5 Å². The summed E-state index contributed by atoms with van der Waals surface area (Å²) in [7, 11) is 0.